The Hall–Kier alpha value is -2.04. The summed E-state index contributed by atoms with van der Waals surface area (Å²) in [6, 6.07) is 7.19. The third-order valence-electron chi connectivity index (χ3n) is 5.31. The third kappa shape index (κ3) is 4.33. The molecule has 5 heteroatoms. The van der Waals surface area contributed by atoms with Crippen molar-refractivity contribution in [3.63, 3.8) is 0 Å². The number of hydrogen-bond donors (Lipinski definition) is 1. The first kappa shape index (κ1) is 17.8. The van der Waals surface area contributed by atoms with Crippen LogP contribution in [-0.4, -0.2) is 41.6 Å². The minimum atomic E-state index is -0.775. The molecule has 3 rings (SSSR count). The van der Waals surface area contributed by atoms with Gasteiger partial charge in [0.05, 0.1) is 12.5 Å². The molecule has 1 aliphatic heterocycles. The molecule has 2 aliphatic rings. The van der Waals surface area contributed by atoms with Gasteiger partial charge < -0.3 is 14.7 Å². The average Bonchev–Trinajstić information content (AvgIpc) is 3.36. The number of carboxylic acid groups (broad SMARTS) is 1. The summed E-state index contributed by atoms with van der Waals surface area (Å²) >= 11 is 0. The van der Waals surface area contributed by atoms with Gasteiger partial charge in [-0.15, -0.1) is 0 Å². The summed E-state index contributed by atoms with van der Waals surface area (Å²) < 4.78 is 5.67. The number of nitrogens with zero attached hydrogens (tertiary/aromatic N) is 1. The van der Waals surface area contributed by atoms with E-state index in [2.05, 4.69) is 6.92 Å². The summed E-state index contributed by atoms with van der Waals surface area (Å²) in [5.41, 5.74) is 0.599. The number of aliphatic carboxylic acids is 1. The monoisotopic (exact) mass is 345 g/mol. The first-order valence-electron chi connectivity index (χ1n) is 9.35. The van der Waals surface area contributed by atoms with Crippen molar-refractivity contribution in [3.05, 3.63) is 29.8 Å². The minimum Gasteiger partial charge on any atom is -0.494 e. The highest BCUT2D eigenvalue weighted by atomic mass is 16.5. The van der Waals surface area contributed by atoms with Crippen LogP contribution in [0.4, 0.5) is 0 Å². The second-order valence-corrected chi connectivity index (χ2v) is 7.24. The Bertz CT molecular complexity index is 609. The topological polar surface area (TPSA) is 66.8 Å². The van der Waals surface area contributed by atoms with Gasteiger partial charge in [0.1, 0.15) is 5.75 Å². The number of rotatable bonds is 8. The number of benzene rings is 1. The van der Waals surface area contributed by atoms with E-state index in [1.54, 1.807) is 17.0 Å². The highest BCUT2D eigenvalue weighted by Gasteiger charge is 2.46. The molecule has 1 saturated heterocycles. The molecule has 1 heterocycles. The van der Waals surface area contributed by atoms with Crippen molar-refractivity contribution in [2.24, 2.45) is 17.8 Å². The standard InChI is InChI=1S/C20H27NO4/c1-2-3-4-11-25-16-9-7-15(8-10-16)19(22)21-12-17(14-5-6-14)18(13-21)20(23)24/h7-10,14,17-18H,2-6,11-13H2,1H3,(H,23,24)/t17-,18+/m1/s1. The van der Waals surface area contributed by atoms with Crippen LogP contribution < -0.4 is 4.74 Å². The second-order valence-electron chi connectivity index (χ2n) is 7.24. The van der Waals surface area contributed by atoms with Crippen molar-refractivity contribution in [3.8, 4) is 5.75 Å². The van der Waals surface area contributed by atoms with Gasteiger partial charge in [-0.25, -0.2) is 0 Å². The van der Waals surface area contributed by atoms with Crippen LogP contribution >= 0.6 is 0 Å². The van der Waals surface area contributed by atoms with Gasteiger partial charge in [0, 0.05) is 18.7 Å². The lowest BCUT2D eigenvalue weighted by Gasteiger charge is -2.16. The van der Waals surface area contributed by atoms with Gasteiger partial charge in [0.15, 0.2) is 0 Å². The lowest BCUT2D eigenvalue weighted by Crippen LogP contribution is -2.29. The average molecular weight is 345 g/mol. The van der Waals surface area contributed by atoms with Crippen LogP contribution in [0.2, 0.25) is 0 Å². The maximum atomic E-state index is 12.7. The van der Waals surface area contributed by atoms with Crippen molar-refractivity contribution in [2.45, 2.75) is 39.0 Å². The van der Waals surface area contributed by atoms with Crippen LogP contribution in [0.25, 0.3) is 0 Å². The summed E-state index contributed by atoms with van der Waals surface area (Å²) in [4.78, 5) is 25.9. The highest BCUT2D eigenvalue weighted by Crippen LogP contribution is 2.44. The molecular weight excluding hydrogens is 318 g/mol. The quantitative estimate of drug-likeness (QED) is 0.733. The van der Waals surface area contributed by atoms with E-state index in [9.17, 15) is 14.7 Å². The number of carbonyl (C=O) groups excluding carboxylic acids is 1. The number of unbranched alkanes of at least 4 members (excludes halogenated alkanes) is 2. The number of likely N-dealkylation sites (tertiary alicyclic amines) is 1. The Morgan fingerprint density at radius 2 is 1.88 bits per heavy atom. The van der Waals surface area contributed by atoms with E-state index in [-0.39, 0.29) is 11.8 Å². The molecule has 136 valence electrons. The van der Waals surface area contributed by atoms with Crippen LogP contribution in [0.5, 0.6) is 5.75 Å². The molecule has 0 radical (unpaired) electrons. The summed E-state index contributed by atoms with van der Waals surface area (Å²) in [5, 5.41) is 9.43. The van der Waals surface area contributed by atoms with Gasteiger partial charge >= 0.3 is 5.97 Å². The lowest BCUT2D eigenvalue weighted by atomic mass is 9.92. The first-order valence-corrected chi connectivity index (χ1v) is 9.35. The molecule has 0 aromatic heterocycles. The zero-order chi connectivity index (χ0) is 17.8. The van der Waals surface area contributed by atoms with Crippen molar-refractivity contribution >= 4 is 11.9 Å². The molecule has 2 atom stereocenters. The zero-order valence-corrected chi connectivity index (χ0v) is 14.8. The Morgan fingerprint density at radius 1 is 1.16 bits per heavy atom. The van der Waals surface area contributed by atoms with Crippen molar-refractivity contribution in [1.29, 1.82) is 0 Å². The van der Waals surface area contributed by atoms with E-state index in [4.69, 9.17) is 4.74 Å². The van der Waals surface area contributed by atoms with Gasteiger partial charge in [-0.1, -0.05) is 19.8 Å². The summed E-state index contributed by atoms with van der Waals surface area (Å²) in [5.74, 6) is 0.0985. The predicted molar refractivity (Wildman–Crippen MR) is 94.7 cm³/mol. The molecule has 25 heavy (non-hydrogen) atoms. The number of amides is 1. The van der Waals surface area contributed by atoms with Crippen LogP contribution in [0.3, 0.4) is 0 Å². The molecule has 0 spiro atoms. The Labute approximate surface area is 149 Å². The van der Waals surface area contributed by atoms with E-state index in [1.165, 1.54) is 0 Å². The second kappa shape index (κ2) is 7.89. The van der Waals surface area contributed by atoms with Gasteiger partial charge in [-0.05, 0) is 55.4 Å². The van der Waals surface area contributed by atoms with Gasteiger partial charge in [0.25, 0.3) is 5.91 Å². The highest BCUT2D eigenvalue weighted by molar-refractivity contribution is 5.95. The normalized spacial score (nSPS) is 22.8. The van der Waals surface area contributed by atoms with Crippen LogP contribution in [0.1, 0.15) is 49.4 Å². The van der Waals surface area contributed by atoms with Crippen molar-refractivity contribution in [2.75, 3.05) is 19.7 Å². The molecule has 0 bridgehead atoms. The molecule has 2 fully saturated rings. The molecular formula is C20H27NO4. The van der Waals surface area contributed by atoms with Gasteiger partial charge in [-0.2, -0.15) is 0 Å². The van der Waals surface area contributed by atoms with E-state index in [0.717, 1.165) is 37.9 Å². The number of carbonyl (C=O) groups is 2. The Kier molecular flexibility index (Phi) is 5.61. The van der Waals surface area contributed by atoms with Crippen molar-refractivity contribution < 1.29 is 19.4 Å². The maximum Gasteiger partial charge on any atom is 0.308 e. The predicted octanol–water partition coefficient (Wildman–Crippen LogP) is 3.44. The molecule has 1 N–H and O–H groups in total. The Morgan fingerprint density at radius 3 is 2.48 bits per heavy atom. The van der Waals surface area contributed by atoms with Crippen molar-refractivity contribution in [1.82, 2.24) is 4.90 Å². The molecule has 1 saturated carbocycles. The molecule has 1 amide bonds. The molecule has 1 aliphatic carbocycles. The fraction of sp³-hybridized carbons (Fsp3) is 0.600. The minimum absolute atomic E-state index is 0.0769. The molecule has 5 nitrogen and oxygen atoms in total. The fourth-order valence-electron chi connectivity index (χ4n) is 3.68. The number of carboxylic acids is 1. The first-order chi connectivity index (χ1) is 12.1. The van der Waals surface area contributed by atoms with E-state index >= 15 is 0 Å². The largest absolute Gasteiger partial charge is 0.494 e. The van der Waals surface area contributed by atoms with E-state index < -0.39 is 11.9 Å². The number of ether oxygens (including phenoxy) is 1. The van der Waals surface area contributed by atoms with Crippen LogP contribution in [0, 0.1) is 17.8 Å². The SMILES string of the molecule is CCCCCOc1ccc(C(=O)N2C[C@H](C(=O)O)[C@@H](C3CC3)C2)cc1. The maximum absolute atomic E-state index is 12.7. The summed E-state index contributed by atoms with van der Waals surface area (Å²) in [7, 11) is 0. The van der Waals surface area contributed by atoms with E-state index in [0.29, 0.717) is 31.2 Å². The molecule has 1 aromatic rings. The number of hydrogen-bond acceptors (Lipinski definition) is 3. The van der Waals surface area contributed by atoms with Crippen LogP contribution in [0.15, 0.2) is 24.3 Å². The van der Waals surface area contributed by atoms with Gasteiger partial charge in [0.2, 0.25) is 0 Å². The van der Waals surface area contributed by atoms with Gasteiger partial charge in [-0.3, -0.25) is 9.59 Å². The third-order valence-corrected chi connectivity index (χ3v) is 5.31. The lowest BCUT2D eigenvalue weighted by molar-refractivity contribution is -0.142. The molecule has 1 aromatic carbocycles. The molecule has 0 unspecified atom stereocenters. The van der Waals surface area contributed by atoms with E-state index in [1.807, 2.05) is 12.1 Å². The van der Waals surface area contributed by atoms with Crippen LogP contribution in [-0.2, 0) is 4.79 Å². The smallest absolute Gasteiger partial charge is 0.308 e. The summed E-state index contributed by atoms with van der Waals surface area (Å²) in [6.07, 6.45) is 5.54. The zero-order valence-electron chi connectivity index (χ0n) is 14.8. The Balaban J connectivity index is 1.58. The summed E-state index contributed by atoms with van der Waals surface area (Å²) in [6.45, 7) is 3.73. The fourth-order valence-corrected chi connectivity index (χ4v) is 3.68.